The van der Waals surface area contributed by atoms with Crippen LogP contribution in [0.4, 0.5) is 33.3 Å². The Labute approximate surface area is 303 Å². The number of fused-ring (bicyclic) bond motifs is 4. The number of hydrogen-bond acceptors (Lipinski definition) is 6. The number of halogens is 8. The molecule has 0 bridgehead atoms. The summed E-state index contributed by atoms with van der Waals surface area (Å²) in [5, 5.41) is 9.48. The summed E-state index contributed by atoms with van der Waals surface area (Å²) in [5.41, 5.74) is -1.17. The molecule has 4 amide bonds. The van der Waals surface area contributed by atoms with Gasteiger partial charge in [-0.15, -0.1) is 23.2 Å². The molecule has 1 saturated carbocycles. The highest BCUT2D eigenvalue weighted by Gasteiger charge is 2.77. The SMILES string of the molecule is O=C1[C@H]2[C@H](CC=C3[C@H]2C[C@@]2(Cl)C(=O)N(c4c(F)c(F)c(F)c(F)c4F)C(=O)[C@@]2(Cl)[C@H]3c2ccccc2OCCO)C(=O)N1c1ccc(I)cc1. The minimum absolute atomic E-state index is 0.0101. The summed E-state index contributed by atoms with van der Waals surface area (Å²) >= 11 is 16.4. The molecule has 1 N–H and O–H groups in total. The normalized spacial score (nSPS) is 28.9. The van der Waals surface area contributed by atoms with Gasteiger partial charge in [0.05, 0.1) is 24.1 Å². The fourth-order valence-corrected chi connectivity index (χ4v) is 9.05. The highest BCUT2D eigenvalue weighted by atomic mass is 127. The molecule has 7 rings (SSSR count). The number of alkyl halides is 2. The van der Waals surface area contributed by atoms with Gasteiger partial charge in [-0.05, 0) is 71.7 Å². The Balaban J connectivity index is 1.44. The standard InChI is InChI=1S/C34H22Cl2F5IN2O6/c35-33-13-19-16(9-10-18-21(19)30(47)43(29(18)46)15-7-5-14(42)6-8-15)22(17-3-1-2-4-20(17)50-12-11-45)34(33,36)32(49)44(31(33)48)28-26(40)24(38)23(37)25(39)27(28)41/h1-9,18-19,21-22,45H,10-13H2/t18-,19+,21-,22+,33+,34-/m0/s1. The molecule has 3 aromatic rings. The van der Waals surface area contributed by atoms with Crippen molar-refractivity contribution in [2.24, 2.45) is 17.8 Å². The fraction of sp³-hybridized carbons (Fsp3) is 0.294. The summed E-state index contributed by atoms with van der Waals surface area (Å²) in [7, 11) is 0. The summed E-state index contributed by atoms with van der Waals surface area (Å²) in [6.07, 6.45) is 0.961. The molecule has 2 aliphatic heterocycles. The monoisotopic (exact) mass is 846 g/mol. The van der Waals surface area contributed by atoms with Crippen molar-refractivity contribution >= 4 is 80.8 Å². The van der Waals surface area contributed by atoms with Gasteiger partial charge in [0.25, 0.3) is 11.8 Å². The van der Waals surface area contributed by atoms with Crippen LogP contribution in [0.2, 0.25) is 0 Å². The van der Waals surface area contributed by atoms with Crippen molar-refractivity contribution in [1.29, 1.82) is 0 Å². The number of nitrogens with zero attached hydrogens (tertiary/aromatic N) is 2. The van der Waals surface area contributed by atoms with Gasteiger partial charge in [-0.1, -0.05) is 29.8 Å². The molecular weight excluding hydrogens is 825 g/mol. The lowest BCUT2D eigenvalue weighted by Crippen LogP contribution is -2.60. The van der Waals surface area contributed by atoms with Crippen molar-refractivity contribution in [2.75, 3.05) is 23.0 Å². The quantitative estimate of drug-likeness (QED) is 0.0610. The van der Waals surface area contributed by atoms with Crippen LogP contribution >= 0.6 is 45.8 Å². The van der Waals surface area contributed by atoms with Gasteiger partial charge in [-0.25, -0.2) is 26.9 Å². The lowest BCUT2D eigenvalue weighted by atomic mass is 9.56. The Hall–Kier alpha value is -3.60. The van der Waals surface area contributed by atoms with Gasteiger partial charge >= 0.3 is 0 Å². The Morgan fingerprint density at radius 2 is 1.44 bits per heavy atom. The van der Waals surface area contributed by atoms with Crippen molar-refractivity contribution in [3.8, 4) is 5.75 Å². The van der Waals surface area contributed by atoms with E-state index in [0.29, 0.717) is 5.69 Å². The zero-order valence-electron chi connectivity index (χ0n) is 25.2. The number of anilines is 2. The predicted molar refractivity (Wildman–Crippen MR) is 177 cm³/mol. The second-order valence-electron chi connectivity index (χ2n) is 12.3. The highest BCUT2D eigenvalue weighted by Crippen LogP contribution is 2.66. The van der Waals surface area contributed by atoms with Crippen LogP contribution in [0, 0.1) is 50.4 Å². The minimum atomic E-state index is -2.69. The number of amides is 4. The molecule has 260 valence electrons. The number of rotatable bonds is 6. The summed E-state index contributed by atoms with van der Waals surface area (Å²) in [6.45, 7) is -0.671. The van der Waals surface area contributed by atoms with Gasteiger partial charge in [-0.3, -0.25) is 24.1 Å². The number of para-hydroxylation sites is 1. The number of imide groups is 2. The summed E-state index contributed by atoms with van der Waals surface area (Å²) < 4.78 is 80.0. The lowest BCUT2D eigenvalue weighted by Gasteiger charge is -2.50. The maximum absolute atomic E-state index is 15.3. The van der Waals surface area contributed by atoms with Crippen LogP contribution in [0.5, 0.6) is 5.75 Å². The first-order chi connectivity index (χ1) is 23.7. The molecule has 2 heterocycles. The van der Waals surface area contributed by atoms with Gasteiger partial charge < -0.3 is 9.84 Å². The molecule has 3 aromatic carbocycles. The summed E-state index contributed by atoms with van der Waals surface area (Å²) in [5.74, 6) is -21.2. The first-order valence-corrected chi connectivity index (χ1v) is 17.0. The minimum Gasteiger partial charge on any atom is -0.491 e. The van der Waals surface area contributed by atoms with Crippen LogP contribution in [0.25, 0.3) is 0 Å². The molecule has 16 heteroatoms. The molecule has 0 spiro atoms. The number of carbonyl (C=O) groups is 4. The van der Waals surface area contributed by atoms with Gasteiger partial charge in [0.1, 0.15) is 18.0 Å². The number of carbonyl (C=O) groups excluding carboxylic acids is 4. The average molecular weight is 847 g/mol. The first-order valence-electron chi connectivity index (χ1n) is 15.1. The van der Waals surface area contributed by atoms with Crippen molar-refractivity contribution in [3.05, 3.63) is 98.4 Å². The molecule has 2 aliphatic carbocycles. The number of hydrogen-bond donors (Lipinski definition) is 1. The third kappa shape index (κ3) is 4.63. The van der Waals surface area contributed by atoms with Crippen molar-refractivity contribution in [1.82, 2.24) is 0 Å². The Bertz CT molecular complexity index is 2020. The van der Waals surface area contributed by atoms with E-state index in [1.54, 1.807) is 36.4 Å². The van der Waals surface area contributed by atoms with E-state index >= 15 is 8.78 Å². The zero-order valence-corrected chi connectivity index (χ0v) is 28.9. The number of aliphatic hydroxyl groups excluding tert-OH is 1. The van der Waals surface area contributed by atoms with Gasteiger partial charge in [0.15, 0.2) is 33.0 Å². The maximum atomic E-state index is 15.3. The van der Waals surface area contributed by atoms with Crippen LogP contribution < -0.4 is 14.5 Å². The topological polar surface area (TPSA) is 104 Å². The summed E-state index contributed by atoms with van der Waals surface area (Å²) in [4.78, 5) is 52.2. The van der Waals surface area contributed by atoms with Crippen molar-refractivity contribution in [3.63, 3.8) is 0 Å². The molecule has 2 saturated heterocycles. The van der Waals surface area contributed by atoms with E-state index < -0.39 is 105 Å². The van der Waals surface area contributed by atoms with Crippen LogP contribution in [0.3, 0.4) is 0 Å². The average Bonchev–Trinajstić information content (AvgIpc) is 3.44. The molecule has 3 fully saturated rings. The Morgan fingerprint density at radius 1 is 0.820 bits per heavy atom. The Morgan fingerprint density at radius 3 is 2.08 bits per heavy atom. The molecular formula is C34H22Cl2F5IN2O6. The number of benzene rings is 3. The van der Waals surface area contributed by atoms with E-state index in [1.807, 2.05) is 0 Å². The molecule has 8 nitrogen and oxygen atoms in total. The van der Waals surface area contributed by atoms with Crippen molar-refractivity contribution in [2.45, 2.75) is 28.5 Å². The van der Waals surface area contributed by atoms with Crippen LogP contribution in [-0.2, 0) is 19.2 Å². The van der Waals surface area contributed by atoms with Gasteiger partial charge in [-0.2, -0.15) is 0 Å². The second-order valence-corrected chi connectivity index (χ2v) is 14.8. The van der Waals surface area contributed by atoms with E-state index in [1.165, 1.54) is 18.2 Å². The lowest BCUT2D eigenvalue weighted by molar-refractivity contribution is -0.125. The van der Waals surface area contributed by atoms with E-state index in [0.717, 1.165) is 8.47 Å². The van der Waals surface area contributed by atoms with Gasteiger partial charge in [0, 0.05) is 15.1 Å². The van der Waals surface area contributed by atoms with E-state index in [-0.39, 0.29) is 34.8 Å². The zero-order chi connectivity index (χ0) is 36.0. The molecule has 50 heavy (non-hydrogen) atoms. The summed E-state index contributed by atoms with van der Waals surface area (Å²) in [6, 6.07) is 12.6. The van der Waals surface area contributed by atoms with E-state index in [2.05, 4.69) is 22.6 Å². The molecule has 0 unspecified atom stereocenters. The fourth-order valence-electron chi connectivity index (χ4n) is 7.76. The number of allylic oxidation sites excluding steroid dienone is 2. The largest absolute Gasteiger partial charge is 0.491 e. The third-order valence-electron chi connectivity index (χ3n) is 9.89. The van der Waals surface area contributed by atoms with Crippen LogP contribution in [0.1, 0.15) is 24.3 Å². The molecule has 0 radical (unpaired) electrons. The predicted octanol–water partition coefficient (Wildman–Crippen LogP) is 6.13. The smallest absolute Gasteiger partial charge is 0.258 e. The van der Waals surface area contributed by atoms with Crippen LogP contribution in [-0.4, -0.2) is 51.7 Å². The van der Waals surface area contributed by atoms with Crippen LogP contribution in [0.15, 0.2) is 60.2 Å². The molecule has 6 atom stereocenters. The Kier molecular flexibility index (Phi) is 8.55. The number of aliphatic hydroxyl groups is 1. The highest BCUT2D eigenvalue weighted by molar-refractivity contribution is 14.1. The van der Waals surface area contributed by atoms with Gasteiger partial charge in [0.2, 0.25) is 17.6 Å². The third-order valence-corrected chi connectivity index (χ3v) is 12.0. The second kappa shape index (κ2) is 12.3. The number of ether oxygens (including phenoxy) is 1. The first kappa shape index (κ1) is 34.8. The van der Waals surface area contributed by atoms with E-state index in [4.69, 9.17) is 27.9 Å². The van der Waals surface area contributed by atoms with Crippen molar-refractivity contribution < 1.29 is 51.0 Å². The molecule has 0 aromatic heterocycles. The van der Waals surface area contributed by atoms with E-state index in [9.17, 15) is 37.5 Å². The molecule has 4 aliphatic rings. The maximum Gasteiger partial charge on any atom is 0.258 e.